The monoisotopic (exact) mass is 280 g/mol. The molecule has 0 aromatic rings. The van der Waals surface area contributed by atoms with Crippen molar-refractivity contribution in [3.05, 3.63) is 0 Å². The number of hydrogen-bond acceptors (Lipinski definition) is 2. The van der Waals surface area contributed by atoms with Gasteiger partial charge in [0, 0.05) is 39.1 Å². The number of carbonyl (C=O) groups is 1. The number of carbonyl (C=O) groups excluding carboxylic acids is 1. The first-order valence-corrected chi connectivity index (χ1v) is 8.47. The maximum atomic E-state index is 12.2. The molecule has 20 heavy (non-hydrogen) atoms. The number of likely N-dealkylation sites (tertiary alicyclic amines) is 2. The summed E-state index contributed by atoms with van der Waals surface area (Å²) in [5.41, 5.74) is 0. The van der Waals surface area contributed by atoms with Gasteiger partial charge in [-0.3, -0.25) is 4.79 Å². The summed E-state index contributed by atoms with van der Waals surface area (Å²) < 4.78 is 0. The highest BCUT2D eigenvalue weighted by molar-refractivity contribution is 5.76. The Balaban J connectivity index is 1.62. The van der Waals surface area contributed by atoms with E-state index < -0.39 is 0 Å². The third-order valence-electron chi connectivity index (χ3n) is 5.41. The molecule has 0 saturated carbocycles. The maximum absolute atomic E-state index is 12.2. The van der Waals surface area contributed by atoms with E-state index in [4.69, 9.17) is 0 Å². The molecule has 3 heteroatoms. The zero-order valence-corrected chi connectivity index (χ0v) is 13.8. The predicted octanol–water partition coefficient (Wildman–Crippen LogP) is 2.86. The summed E-state index contributed by atoms with van der Waals surface area (Å²) in [6, 6.07) is 0. The lowest BCUT2D eigenvalue weighted by Gasteiger charge is -2.42. The van der Waals surface area contributed by atoms with Crippen LogP contribution < -0.4 is 0 Å². The fraction of sp³-hybridized carbons (Fsp3) is 0.941. The second kappa shape index (κ2) is 6.93. The molecule has 0 aromatic heterocycles. The van der Waals surface area contributed by atoms with Crippen LogP contribution in [0, 0.1) is 23.7 Å². The molecule has 0 radical (unpaired) electrons. The van der Waals surface area contributed by atoms with Crippen molar-refractivity contribution in [1.82, 2.24) is 9.80 Å². The van der Waals surface area contributed by atoms with E-state index >= 15 is 0 Å². The first kappa shape index (κ1) is 15.8. The molecule has 0 aromatic carbocycles. The summed E-state index contributed by atoms with van der Waals surface area (Å²) in [5.74, 6) is 3.60. The highest BCUT2D eigenvalue weighted by Crippen LogP contribution is 2.26. The SMILES string of the molecule is CC(C)C1CCN(C(=O)CCN2CC(C(C)C)C2)CC1. The average Bonchev–Trinajstić information content (AvgIpc) is 2.36. The van der Waals surface area contributed by atoms with Crippen molar-refractivity contribution in [2.24, 2.45) is 23.7 Å². The zero-order chi connectivity index (χ0) is 14.7. The van der Waals surface area contributed by atoms with Crippen molar-refractivity contribution in [3.63, 3.8) is 0 Å². The topological polar surface area (TPSA) is 23.6 Å². The molecule has 2 rings (SSSR count). The summed E-state index contributed by atoms with van der Waals surface area (Å²) in [5, 5.41) is 0. The second-order valence-electron chi connectivity index (χ2n) is 7.48. The van der Waals surface area contributed by atoms with Gasteiger partial charge in [-0.25, -0.2) is 0 Å². The highest BCUT2D eigenvalue weighted by Gasteiger charge is 2.30. The average molecular weight is 280 g/mol. The third kappa shape index (κ3) is 3.97. The van der Waals surface area contributed by atoms with Crippen molar-refractivity contribution in [3.8, 4) is 0 Å². The van der Waals surface area contributed by atoms with E-state index in [1.54, 1.807) is 0 Å². The molecule has 0 aliphatic carbocycles. The van der Waals surface area contributed by atoms with Gasteiger partial charge in [0.2, 0.25) is 5.91 Å². The van der Waals surface area contributed by atoms with Gasteiger partial charge in [0.1, 0.15) is 0 Å². The van der Waals surface area contributed by atoms with Crippen LogP contribution in [0.5, 0.6) is 0 Å². The molecule has 2 heterocycles. The molecular formula is C17H32N2O. The first-order chi connectivity index (χ1) is 9.47. The van der Waals surface area contributed by atoms with Crippen LogP contribution in [0.25, 0.3) is 0 Å². The van der Waals surface area contributed by atoms with Crippen LogP contribution in [-0.2, 0) is 4.79 Å². The molecule has 0 bridgehead atoms. The number of piperidine rings is 1. The van der Waals surface area contributed by atoms with Gasteiger partial charge in [-0.2, -0.15) is 0 Å². The predicted molar refractivity (Wildman–Crippen MR) is 83.5 cm³/mol. The molecule has 0 atom stereocenters. The van der Waals surface area contributed by atoms with Crippen LogP contribution in [-0.4, -0.2) is 48.4 Å². The lowest BCUT2D eigenvalue weighted by atomic mass is 9.86. The van der Waals surface area contributed by atoms with Crippen molar-refractivity contribution in [1.29, 1.82) is 0 Å². The van der Waals surface area contributed by atoms with Crippen LogP contribution in [0.2, 0.25) is 0 Å². The second-order valence-corrected chi connectivity index (χ2v) is 7.48. The van der Waals surface area contributed by atoms with Gasteiger partial charge < -0.3 is 9.80 Å². The van der Waals surface area contributed by atoms with Crippen LogP contribution >= 0.6 is 0 Å². The molecule has 1 amide bonds. The molecule has 2 fully saturated rings. The summed E-state index contributed by atoms with van der Waals surface area (Å²) in [6.45, 7) is 14.5. The Morgan fingerprint density at radius 2 is 1.55 bits per heavy atom. The summed E-state index contributed by atoms with van der Waals surface area (Å²) in [7, 11) is 0. The smallest absolute Gasteiger partial charge is 0.223 e. The standard InChI is InChI=1S/C17H32N2O/c1-13(2)15-5-9-19(10-6-15)17(20)7-8-18-11-16(12-18)14(3)4/h13-16H,5-12H2,1-4H3. The summed E-state index contributed by atoms with van der Waals surface area (Å²) in [6.07, 6.45) is 3.11. The number of nitrogens with zero attached hydrogens (tertiary/aromatic N) is 2. The minimum Gasteiger partial charge on any atom is -0.343 e. The fourth-order valence-electron chi connectivity index (χ4n) is 3.44. The molecule has 3 nitrogen and oxygen atoms in total. The summed E-state index contributed by atoms with van der Waals surface area (Å²) >= 11 is 0. The quantitative estimate of drug-likeness (QED) is 0.773. The van der Waals surface area contributed by atoms with Crippen molar-refractivity contribution in [2.75, 3.05) is 32.7 Å². The van der Waals surface area contributed by atoms with Crippen LogP contribution in [0.3, 0.4) is 0 Å². The van der Waals surface area contributed by atoms with Gasteiger partial charge >= 0.3 is 0 Å². The fourth-order valence-corrected chi connectivity index (χ4v) is 3.44. The van der Waals surface area contributed by atoms with Gasteiger partial charge in [-0.05, 0) is 36.5 Å². The molecule has 0 spiro atoms. The van der Waals surface area contributed by atoms with Gasteiger partial charge in [-0.15, -0.1) is 0 Å². The van der Waals surface area contributed by atoms with E-state index in [1.165, 1.54) is 25.9 Å². The normalized spacial score (nSPS) is 22.6. The van der Waals surface area contributed by atoms with Crippen molar-refractivity contribution >= 4 is 5.91 Å². The zero-order valence-electron chi connectivity index (χ0n) is 13.8. The molecule has 2 aliphatic heterocycles. The van der Waals surface area contributed by atoms with Crippen LogP contribution in [0.1, 0.15) is 47.0 Å². The van der Waals surface area contributed by atoms with E-state index in [0.29, 0.717) is 5.91 Å². The van der Waals surface area contributed by atoms with E-state index in [9.17, 15) is 4.79 Å². The van der Waals surface area contributed by atoms with Crippen molar-refractivity contribution in [2.45, 2.75) is 47.0 Å². The minimum absolute atomic E-state index is 0.375. The van der Waals surface area contributed by atoms with E-state index in [1.807, 2.05) is 0 Å². The Hall–Kier alpha value is -0.570. The minimum atomic E-state index is 0.375. The van der Waals surface area contributed by atoms with E-state index in [-0.39, 0.29) is 0 Å². The molecular weight excluding hydrogens is 248 g/mol. The van der Waals surface area contributed by atoms with Crippen LogP contribution in [0.4, 0.5) is 0 Å². The van der Waals surface area contributed by atoms with Crippen LogP contribution in [0.15, 0.2) is 0 Å². The lowest BCUT2D eigenvalue weighted by Crippen LogP contribution is -2.50. The largest absolute Gasteiger partial charge is 0.343 e. The van der Waals surface area contributed by atoms with E-state index in [0.717, 1.165) is 49.7 Å². The van der Waals surface area contributed by atoms with Crippen molar-refractivity contribution < 1.29 is 4.79 Å². The maximum Gasteiger partial charge on any atom is 0.223 e. The number of amides is 1. The number of rotatable bonds is 5. The Labute approximate surface area is 124 Å². The Morgan fingerprint density at radius 1 is 1.00 bits per heavy atom. The molecule has 0 N–H and O–H groups in total. The Kier molecular flexibility index (Phi) is 5.48. The van der Waals surface area contributed by atoms with Gasteiger partial charge in [0.15, 0.2) is 0 Å². The van der Waals surface area contributed by atoms with Gasteiger partial charge in [0.25, 0.3) is 0 Å². The Bertz CT molecular complexity index is 313. The molecule has 2 saturated heterocycles. The molecule has 2 aliphatic rings. The van der Waals surface area contributed by atoms with Gasteiger partial charge in [0.05, 0.1) is 0 Å². The lowest BCUT2D eigenvalue weighted by molar-refractivity contribution is -0.133. The highest BCUT2D eigenvalue weighted by atomic mass is 16.2. The first-order valence-electron chi connectivity index (χ1n) is 8.47. The van der Waals surface area contributed by atoms with E-state index in [2.05, 4.69) is 37.5 Å². The number of hydrogen-bond donors (Lipinski definition) is 0. The molecule has 0 unspecified atom stereocenters. The third-order valence-corrected chi connectivity index (χ3v) is 5.41. The molecule has 116 valence electrons. The summed E-state index contributed by atoms with van der Waals surface area (Å²) in [4.78, 5) is 16.8. The Morgan fingerprint density at radius 3 is 2.05 bits per heavy atom. The van der Waals surface area contributed by atoms with Gasteiger partial charge in [-0.1, -0.05) is 27.7 Å².